The number of hydrogen-bond acceptors (Lipinski definition) is 8. The summed E-state index contributed by atoms with van der Waals surface area (Å²) in [4.78, 5) is 49.7. The lowest BCUT2D eigenvalue weighted by atomic mass is 9.72. The van der Waals surface area contributed by atoms with E-state index in [0.717, 1.165) is 41.5 Å². The predicted molar refractivity (Wildman–Crippen MR) is 154 cm³/mol. The summed E-state index contributed by atoms with van der Waals surface area (Å²) in [6.07, 6.45) is 6.50. The Morgan fingerprint density at radius 3 is 1.59 bits per heavy atom. The summed E-state index contributed by atoms with van der Waals surface area (Å²) >= 11 is 0. The molecule has 0 bridgehead atoms. The molecule has 8 heteroatoms. The lowest BCUT2D eigenvalue weighted by Crippen LogP contribution is -2.23. The Labute approximate surface area is 240 Å². The lowest BCUT2D eigenvalue weighted by Gasteiger charge is -2.33. The zero-order chi connectivity index (χ0) is 30.0. The maximum atomic E-state index is 12.5. The van der Waals surface area contributed by atoms with Gasteiger partial charge in [-0.05, 0) is 90.5 Å². The van der Waals surface area contributed by atoms with Crippen LogP contribution in [-0.2, 0) is 31.8 Å². The summed E-state index contributed by atoms with van der Waals surface area (Å²) in [5.74, 6) is -1.58. The fraction of sp³-hybridized carbons (Fsp3) is 0.394. The van der Waals surface area contributed by atoms with Gasteiger partial charge in [0.25, 0.3) is 0 Å². The van der Waals surface area contributed by atoms with E-state index in [2.05, 4.69) is 32.9 Å². The first-order chi connectivity index (χ1) is 19.5. The molecule has 0 amide bonds. The highest BCUT2D eigenvalue weighted by Gasteiger charge is 2.31. The normalized spacial score (nSPS) is 18.1. The zero-order valence-corrected chi connectivity index (χ0v) is 24.6. The third-order valence-electron chi connectivity index (χ3n) is 8.33. The first-order valence-electron chi connectivity index (χ1n) is 13.6. The molecule has 2 aromatic rings. The van der Waals surface area contributed by atoms with Crippen LogP contribution in [-0.4, -0.2) is 52.3 Å². The standard InChI is InChI=1S/C33H36O8/c1-17-8-21-13-26(30(34)38-4)28(32(36)40-6)15-23(21)11-20(17)9-18(2)25-12-24-16-29(33(37)41-7)27(31(35)39-5)14-22(24)10-19(25)3/h10-11,13-18,25H,8-9,12H2,1-7H3/t17?,18?,25-/m1/s1. The highest BCUT2D eigenvalue weighted by Crippen LogP contribution is 2.40. The number of hydrogen-bond donors (Lipinski definition) is 0. The third-order valence-corrected chi connectivity index (χ3v) is 8.33. The van der Waals surface area contributed by atoms with Crippen LogP contribution in [0.3, 0.4) is 0 Å². The second-order valence-corrected chi connectivity index (χ2v) is 10.9. The molecule has 0 saturated heterocycles. The molecule has 216 valence electrons. The van der Waals surface area contributed by atoms with E-state index in [4.69, 9.17) is 18.9 Å². The van der Waals surface area contributed by atoms with Crippen molar-refractivity contribution < 1.29 is 38.1 Å². The molecule has 0 radical (unpaired) electrons. The molecule has 4 rings (SSSR count). The maximum Gasteiger partial charge on any atom is 0.338 e. The molecule has 0 fully saturated rings. The van der Waals surface area contributed by atoms with E-state index in [-0.39, 0.29) is 40.0 Å². The Morgan fingerprint density at radius 1 is 0.707 bits per heavy atom. The van der Waals surface area contributed by atoms with Crippen LogP contribution >= 0.6 is 0 Å². The molecule has 41 heavy (non-hydrogen) atoms. The number of carbonyl (C=O) groups is 4. The number of methoxy groups -OCH3 is 4. The predicted octanol–water partition coefficient (Wildman–Crippen LogP) is 5.71. The highest BCUT2D eigenvalue weighted by molar-refractivity contribution is 6.04. The van der Waals surface area contributed by atoms with Gasteiger partial charge in [-0.3, -0.25) is 0 Å². The number of allylic oxidation sites excluding steroid dienone is 2. The molecular weight excluding hydrogens is 524 g/mol. The first kappa shape index (κ1) is 29.8. The van der Waals surface area contributed by atoms with Crippen LogP contribution in [0.5, 0.6) is 0 Å². The van der Waals surface area contributed by atoms with E-state index in [1.807, 2.05) is 0 Å². The second-order valence-electron chi connectivity index (χ2n) is 10.9. The number of rotatable bonds is 7. The molecule has 0 aromatic heterocycles. The van der Waals surface area contributed by atoms with Crippen molar-refractivity contribution in [2.75, 3.05) is 28.4 Å². The minimum atomic E-state index is -0.585. The molecule has 0 heterocycles. The maximum absolute atomic E-state index is 12.5. The Bertz CT molecular complexity index is 1480. The monoisotopic (exact) mass is 560 g/mol. The summed E-state index contributed by atoms with van der Waals surface area (Å²) in [6, 6.07) is 6.93. The van der Waals surface area contributed by atoms with Gasteiger partial charge in [0.1, 0.15) is 0 Å². The van der Waals surface area contributed by atoms with Crippen molar-refractivity contribution >= 4 is 36.0 Å². The lowest BCUT2D eigenvalue weighted by molar-refractivity contribution is 0.0555. The summed E-state index contributed by atoms with van der Waals surface area (Å²) in [5, 5.41) is 0. The van der Waals surface area contributed by atoms with Gasteiger partial charge in [-0.2, -0.15) is 0 Å². The molecule has 2 aliphatic rings. The van der Waals surface area contributed by atoms with Crippen LogP contribution in [0.4, 0.5) is 0 Å². The SMILES string of the molecule is COC(=O)c1cc2c(cc1C(=O)OC)CC(C)C(CC(C)[C@H]1Cc3cc(C(=O)OC)c(C(=O)OC)cc3C=C1C)=C2. The molecule has 2 aliphatic carbocycles. The van der Waals surface area contributed by atoms with E-state index < -0.39 is 23.9 Å². The van der Waals surface area contributed by atoms with Crippen LogP contribution in [0.1, 0.15) is 90.9 Å². The van der Waals surface area contributed by atoms with Crippen molar-refractivity contribution in [1.82, 2.24) is 0 Å². The number of benzene rings is 2. The highest BCUT2D eigenvalue weighted by atomic mass is 16.5. The number of carbonyl (C=O) groups excluding carboxylic acids is 4. The average molecular weight is 561 g/mol. The van der Waals surface area contributed by atoms with Gasteiger partial charge < -0.3 is 18.9 Å². The Morgan fingerprint density at radius 2 is 1.12 bits per heavy atom. The van der Waals surface area contributed by atoms with Crippen LogP contribution in [0.15, 0.2) is 35.4 Å². The quantitative estimate of drug-likeness (QED) is 0.313. The van der Waals surface area contributed by atoms with Gasteiger partial charge >= 0.3 is 23.9 Å². The van der Waals surface area contributed by atoms with Crippen molar-refractivity contribution in [3.63, 3.8) is 0 Å². The van der Waals surface area contributed by atoms with Gasteiger partial charge in [0.15, 0.2) is 0 Å². The number of esters is 4. The van der Waals surface area contributed by atoms with Gasteiger partial charge in [0.2, 0.25) is 0 Å². The Hall–Kier alpha value is -4.20. The van der Waals surface area contributed by atoms with Crippen molar-refractivity contribution in [3.05, 3.63) is 79.9 Å². The molecule has 3 atom stereocenters. The van der Waals surface area contributed by atoms with Crippen LogP contribution < -0.4 is 0 Å². The Balaban J connectivity index is 1.64. The third kappa shape index (κ3) is 5.82. The first-order valence-corrected chi connectivity index (χ1v) is 13.6. The van der Waals surface area contributed by atoms with Crippen molar-refractivity contribution in [2.45, 2.75) is 40.0 Å². The summed E-state index contributed by atoms with van der Waals surface area (Å²) < 4.78 is 19.7. The molecule has 0 aliphatic heterocycles. The number of ether oxygens (including phenoxy) is 4. The van der Waals surface area contributed by atoms with E-state index in [0.29, 0.717) is 0 Å². The molecule has 2 unspecified atom stereocenters. The second kappa shape index (κ2) is 12.1. The van der Waals surface area contributed by atoms with Crippen LogP contribution in [0.25, 0.3) is 12.2 Å². The summed E-state index contributed by atoms with van der Waals surface area (Å²) in [7, 11) is 5.16. The molecule has 0 saturated carbocycles. The summed E-state index contributed by atoms with van der Waals surface area (Å²) in [6.45, 7) is 6.49. The topological polar surface area (TPSA) is 105 Å². The fourth-order valence-corrected chi connectivity index (χ4v) is 6.04. The molecule has 0 spiro atoms. The average Bonchev–Trinajstić information content (AvgIpc) is 2.98. The minimum Gasteiger partial charge on any atom is -0.465 e. The van der Waals surface area contributed by atoms with Crippen molar-refractivity contribution in [2.24, 2.45) is 17.8 Å². The van der Waals surface area contributed by atoms with Gasteiger partial charge in [-0.1, -0.05) is 37.1 Å². The van der Waals surface area contributed by atoms with E-state index in [1.165, 1.54) is 39.6 Å². The van der Waals surface area contributed by atoms with Gasteiger partial charge in [-0.15, -0.1) is 0 Å². The summed E-state index contributed by atoms with van der Waals surface area (Å²) in [5.41, 5.74) is 7.02. The van der Waals surface area contributed by atoms with Gasteiger partial charge in [-0.25, -0.2) is 19.2 Å². The fourth-order valence-electron chi connectivity index (χ4n) is 6.04. The smallest absolute Gasteiger partial charge is 0.338 e. The van der Waals surface area contributed by atoms with E-state index in [9.17, 15) is 19.2 Å². The van der Waals surface area contributed by atoms with Crippen molar-refractivity contribution in [1.29, 1.82) is 0 Å². The largest absolute Gasteiger partial charge is 0.465 e. The molecular formula is C33H36O8. The van der Waals surface area contributed by atoms with Crippen LogP contribution in [0.2, 0.25) is 0 Å². The van der Waals surface area contributed by atoms with E-state index in [1.54, 1.807) is 24.3 Å². The van der Waals surface area contributed by atoms with Crippen LogP contribution in [0, 0.1) is 17.8 Å². The number of fused-ring (bicyclic) bond motifs is 2. The minimum absolute atomic E-state index is 0.187. The van der Waals surface area contributed by atoms with Crippen molar-refractivity contribution in [3.8, 4) is 0 Å². The molecule has 0 N–H and O–H groups in total. The van der Waals surface area contributed by atoms with Gasteiger partial charge in [0.05, 0.1) is 50.7 Å². The zero-order valence-electron chi connectivity index (χ0n) is 24.6. The Kier molecular flexibility index (Phi) is 8.80. The van der Waals surface area contributed by atoms with E-state index >= 15 is 0 Å². The molecule has 2 aromatic carbocycles. The molecule has 8 nitrogen and oxygen atoms in total. The van der Waals surface area contributed by atoms with Gasteiger partial charge in [0, 0.05) is 0 Å².